The van der Waals surface area contributed by atoms with Crippen molar-refractivity contribution in [3.8, 4) is 11.3 Å². The van der Waals surface area contributed by atoms with E-state index >= 15 is 0 Å². The maximum atomic E-state index is 6.22. The molecular formula is C20H21ClN2. The van der Waals surface area contributed by atoms with Crippen molar-refractivity contribution in [1.82, 2.24) is 9.97 Å². The summed E-state index contributed by atoms with van der Waals surface area (Å²) in [6.45, 7) is 4.48. The third kappa shape index (κ3) is 4.02. The first kappa shape index (κ1) is 15.8. The molecule has 0 saturated carbocycles. The van der Waals surface area contributed by atoms with E-state index in [2.05, 4.69) is 48.1 Å². The van der Waals surface area contributed by atoms with Crippen molar-refractivity contribution in [1.29, 1.82) is 0 Å². The maximum Gasteiger partial charge on any atom is 0.110 e. The van der Waals surface area contributed by atoms with Crippen molar-refractivity contribution in [3.63, 3.8) is 0 Å². The molecule has 0 atom stereocenters. The molecule has 2 nitrogen and oxygen atoms in total. The summed E-state index contributed by atoms with van der Waals surface area (Å²) in [6, 6.07) is 16.6. The average molecular weight is 325 g/mol. The first-order valence-corrected chi connectivity index (χ1v) is 8.36. The van der Waals surface area contributed by atoms with Crippen LogP contribution in [0.15, 0.2) is 54.7 Å². The van der Waals surface area contributed by atoms with Gasteiger partial charge in [-0.1, -0.05) is 67.9 Å². The molecule has 0 saturated heterocycles. The molecule has 2 aromatic carbocycles. The van der Waals surface area contributed by atoms with Gasteiger partial charge in [0.15, 0.2) is 0 Å². The van der Waals surface area contributed by atoms with Gasteiger partial charge in [-0.15, -0.1) is 0 Å². The lowest BCUT2D eigenvalue weighted by Gasteiger charge is -2.05. The van der Waals surface area contributed by atoms with E-state index in [-0.39, 0.29) is 0 Å². The number of H-pyrrole nitrogens is 1. The Hall–Kier alpha value is -2.06. The Morgan fingerprint density at radius 1 is 1.04 bits per heavy atom. The van der Waals surface area contributed by atoms with Gasteiger partial charge in [-0.3, -0.25) is 0 Å². The van der Waals surface area contributed by atoms with Crippen molar-refractivity contribution in [3.05, 3.63) is 76.7 Å². The Morgan fingerprint density at radius 3 is 2.48 bits per heavy atom. The van der Waals surface area contributed by atoms with E-state index < -0.39 is 0 Å². The fourth-order valence-corrected chi connectivity index (χ4v) is 2.92. The van der Waals surface area contributed by atoms with Gasteiger partial charge in [0.2, 0.25) is 0 Å². The molecule has 1 aromatic heterocycles. The standard InChI is InChI=1S/C20H21ClN2/c1-14(2)11-15-7-9-16(10-8-15)19-13-22-20(23-19)12-17-5-3-4-6-18(17)21/h3-10,13-14H,11-12H2,1-2H3,(H,22,23). The Bertz CT molecular complexity index is 772. The highest BCUT2D eigenvalue weighted by Crippen LogP contribution is 2.22. The van der Waals surface area contributed by atoms with Crippen LogP contribution in [-0.2, 0) is 12.8 Å². The third-order valence-corrected chi connectivity index (χ3v) is 4.22. The second-order valence-corrected chi connectivity index (χ2v) is 6.71. The molecule has 3 rings (SSSR count). The lowest BCUT2D eigenvalue weighted by atomic mass is 10.0. The van der Waals surface area contributed by atoms with Crippen LogP contribution < -0.4 is 0 Å². The lowest BCUT2D eigenvalue weighted by molar-refractivity contribution is 0.647. The highest BCUT2D eigenvalue weighted by atomic mass is 35.5. The topological polar surface area (TPSA) is 28.7 Å². The Kier molecular flexibility index (Phi) is 4.82. The minimum atomic E-state index is 0.676. The predicted octanol–water partition coefficient (Wildman–Crippen LogP) is 5.52. The molecule has 1 N–H and O–H groups in total. The quantitative estimate of drug-likeness (QED) is 0.657. The van der Waals surface area contributed by atoms with E-state index in [0.717, 1.165) is 34.1 Å². The lowest BCUT2D eigenvalue weighted by Crippen LogP contribution is -1.93. The van der Waals surface area contributed by atoms with Gasteiger partial charge in [-0.25, -0.2) is 4.98 Å². The third-order valence-electron chi connectivity index (χ3n) is 3.85. The largest absolute Gasteiger partial charge is 0.342 e. The molecule has 3 aromatic rings. The highest BCUT2D eigenvalue weighted by Gasteiger charge is 2.07. The number of aromatic amines is 1. The Labute approximate surface area is 142 Å². The summed E-state index contributed by atoms with van der Waals surface area (Å²) in [4.78, 5) is 7.88. The van der Waals surface area contributed by atoms with E-state index in [0.29, 0.717) is 12.3 Å². The van der Waals surface area contributed by atoms with Crippen LogP contribution in [-0.4, -0.2) is 9.97 Å². The van der Waals surface area contributed by atoms with Crippen LogP contribution in [0.2, 0.25) is 5.02 Å². The van der Waals surface area contributed by atoms with Gasteiger partial charge in [-0.05, 0) is 35.1 Å². The summed E-state index contributed by atoms with van der Waals surface area (Å²) in [6.07, 6.45) is 3.72. The molecule has 3 heteroatoms. The average Bonchev–Trinajstić information content (AvgIpc) is 2.98. The first-order chi connectivity index (χ1) is 11.1. The van der Waals surface area contributed by atoms with Crippen molar-refractivity contribution < 1.29 is 0 Å². The molecule has 0 amide bonds. The van der Waals surface area contributed by atoms with Gasteiger partial charge in [0.05, 0.1) is 11.9 Å². The van der Waals surface area contributed by atoms with Crippen LogP contribution in [0.5, 0.6) is 0 Å². The molecule has 118 valence electrons. The molecule has 23 heavy (non-hydrogen) atoms. The number of hydrogen-bond donors (Lipinski definition) is 1. The Balaban J connectivity index is 1.75. The van der Waals surface area contributed by atoms with Crippen molar-refractivity contribution in [2.45, 2.75) is 26.7 Å². The van der Waals surface area contributed by atoms with E-state index in [1.807, 2.05) is 30.5 Å². The van der Waals surface area contributed by atoms with Gasteiger partial charge in [0.25, 0.3) is 0 Å². The van der Waals surface area contributed by atoms with Crippen LogP contribution in [0, 0.1) is 5.92 Å². The highest BCUT2D eigenvalue weighted by molar-refractivity contribution is 6.31. The molecule has 0 unspecified atom stereocenters. The summed E-state index contributed by atoms with van der Waals surface area (Å²) in [7, 11) is 0. The van der Waals surface area contributed by atoms with Crippen LogP contribution in [0.4, 0.5) is 0 Å². The molecule has 0 aliphatic heterocycles. The summed E-state index contributed by atoms with van der Waals surface area (Å²) < 4.78 is 0. The molecule has 0 fully saturated rings. The van der Waals surface area contributed by atoms with Gasteiger partial charge in [0, 0.05) is 11.4 Å². The summed E-state index contributed by atoms with van der Waals surface area (Å²) in [5.74, 6) is 1.61. The maximum absolute atomic E-state index is 6.22. The van der Waals surface area contributed by atoms with E-state index in [9.17, 15) is 0 Å². The number of benzene rings is 2. The predicted molar refractivity (Wildman–Crippen MR) is 96.8 cm³/mol. The van der Waals surface area contributed by atoms with Gasteiger partial charge in [0.1, 0.15) is 5.82 Å². The molecule has 0 spiro atoms. The second kappa shape index (κ2) is 7.01. The number of hydrogen-bond acceptors (Lipinski definition) is 1. The summed E-state index contributed by atoms with van der Waals surface area (Å²) in [5, 5.41) is 0.781. The molecule has 0 radical (unpaired) electrons. The van der Waals surface area contributed by atoms with Crippen LogP contribution >= 0.6 is 11.6 Å². The fourth-order valence-electron chi connectivity index (χ4n) is 2.71. The normalized spacial score (nSPS) is 11.1. The number of nitrogens with one attached hydrogen (secondary N) is 1. The second-order valence-electron chi connectivity index (χ2n) is 6.31. The van der Waals surface area contributed by atoms with Crippen molar-refractivity contribution in [2.24, 2.45) is 5.92 Å². The first-order valence-electron chi connectivity index (χ1n) is 7.98. The van der Waals surface area contributed by atoms with Gasteiger partial charge in [-0.2, -0.15) is 0 Å². The van der Waals surface area contributed by atoms with E-state index in [4.69, 9.17) is 11.6 Å². The molecular weight excluding hydrogens is 304 g/mol. The molecule has 0 aliphatic rings. The molecule has 0 aliphatic carbocycles. The fraction of sp³-hybridized carbons (Fsp3) is 0.250. The van der Waals surface area contributed by atoms with Gasteiger partial charge < -0.3 is 4.98 Å². The SMILES string of the molecule is CC(C)Cc1ccc(-c2cnc(Cc3ccccc3Cl)[nH]2)cc1. The monoisotopic (exact) mass is 324 g/mol. The van der Waals surface area contributed by atoms with E-state index in [1.165, 1.54) is 5.56 Å². The number of rotatable bonds is 5. The Morgan fingerprint density at radius 2 is 1.78 bits per heavy atom. The summed E-state index contributed by atoms with van der Waals surface area (Å²) in [5.41, 5.74) is 4.67. The number of nitrogens with zero attached hydrogens (tertiary/aromatic N) is 1. The van der Waals surface area contributed by atoms with Gasteiger partial charge >= 0.3 is 0 Å². The minimum Gasteiger partial charge on any atom is -0.342 e. The molecule has 1 heterocycles. The molecule has 0 bridgehead atoms. The van der Waals surface area contributed by atoms with Crippen molar-refractivity contribution >= 4 is 11.6 Å². The van der Waals surface area contributed by atoms with Crippen LogP contribution in [0.3, 0.4) is 0 Å². The smallest absolute Gasteiger partial charge is 0.110 e. The zero-order valence-electron chi connectivity index (χ0n) is 13.5. The zero-order chi connectivity index (χ0) is 16.2. The van der Waals surface area contributed by atoms with E-state index in [1.54, 1.807) is 0 Å². The summed E-state index contributed by atoms with van der Waals surface area (Å²) >= 11 is 6.22. The van der Waals surface area contributed by atoms with Crippen molar-refractivity contribution in [2.75, 3.05) is 0 Å². The number of imidazole rings is 1. The minimum absolute atomic E-state index is 0.676. The number of aromatic nitrogens is 2. The number of halogens is 1. The van der Waals surface area contributed by atoms with Crippen LogP contribution in [0.25, 0.3) is 11.3 Å². The van der Waals surface area contributed by atoms with Crippen LogP contribution in [0.1, 0.15) is 30.8 Å². The zero-order valence-corrected chi connectivity index (χ0v) is 14.3.